The summed E-state index contributed by atoms with van der Waals surface area (Å²) in [6, 6.07) is 67.7. The summed E-state index contributed by atoms with van der Waals surface area (Å²) < 4.78 is 5.50. The van der Waals surface area contributed by atoms with Crippen LogP contribution in [0.25, 0.3) is 117 Å². The Morgan fingerprint density at radius 1 is 0.278 bits per heavy atom. The predicted octanol–water partition coefficient (Wildman–Crippen LogP) is 16.0. The lowest BCUT2D eigenvalue weighted by molar-refractivity contribution is 1.63. The molecule has 0 aliphatic heterocycles. The van der Waals surface area contributed by atoms with Crippen LogP contribution in [0.4, 0.5) is 0 Å². The standard InChI is InChI=1S/C52H30S2/c1-2-12-36-32(10-1)11-9-18-39(36)49-42-16-5-3-14-40(42)48(41-15-4-6-17-43(41)49)33-22-20-31(21-23-33)34-24-26-37-35(30-34)25-27-45-50-47(54-51(37)45)29-28-44-38-13-7-8-19-46(38)53-52(44)50/h1-30H. The summed E-state index contributed by atoms with van der Waals surface area (Å²) in [5, 5.41) is 15.7. The van der Waals surface area contributed by atoms with E-state index in [0.29, 0.717) is 0 Å². The lowest BCUT2D eigenvalue weighted by Crippen LogP contribution is -1.91. The number of rotatable bonds is 3. The Bertz CT molecular complexity index is 3430. The third-order valence-electron chi connectivity index (χ3n) is 11.5. The van der Waals surface area contributed by atoms with Crippen molar-refractivity contribution in [1.82, 2.24) is 0 Å². The number of hydrogen-bond acceptors (Lipinski definition) is 2. The Hall–Kier alpha value is -6.32. The van der Waals surface area contributed by atoms with E-state index >= 15 is 0 Å². The Kier molecular flexibility index (Phi) is 6.48. The van der Waals surface area contributed by atoms with E-state index in [0.717, 1.165) is 0 Å². The third kappa shape index (κ3) is 4.36. The topological polar surface area (TPSA) is 0 Å². The quantitative estimate of drug-likeness (QED) is 0.160. The van der Waals surface area contributed by atoms with Crippen LogP contribution in [0.15, 0.2) is 182 Å². The van der Waals surface area contributed by atoms with Crippen molar-refractivity contribution in [2.24, 2.45) is 0 Å². The van der Waals surface area contributed by atoms with E-state index < -0.39 is 0 Å². The fraction of sp³-hybridized carbons (Fsp3) is 0. The van der Waals surface area contributed by atoms with E-state index in [1.807, 2.05) is 22.7 Å². The van der Waals surface area contributed by atoms with Crippen LogP contribution >= 0.6 is 22.7 Å². The van der Waals surface area contributed by atoms with Gasteiger partial charge in [-0.1, -0.05) is 164 Å². The highest BCUT2D eigenvalue weighted by Gasteiger charge is 2.19. The minimum Gasteiger partial charge on any atom is -0.134 e. The van der Waals surface area contributed by atoms with Crippen molar-refractivity contribution in [3.63, 3.8) is 0 Å². The molecule has 10 aromatic carbocycles. The lowest BCUT2D eigenvalue weighted by atomic mass is 9.84. The molecule has 0 amide bonds. The van der Waals surface area contributed by atoms with Gasteiger partial charge < -0.3 is 0 Å². The van der Waals surface area contributed by atoms with Gasteiger partial charge in [-0.15, -0.1) is 22.7 Å². The molecule has 0 spiro atoms. The van der Waals surface area contributed by atoms with Crippen molar-refractivity contribution in [3.8, 4) is 33.4 Å². The smallest absolute Gasteiger partial charge is 0.0448 e. The minimum atomic E-state index is 1.23. The van der Waals surface area contributed by atoms with Gasteiger partial charge in [-0.25, -0.2) is 0 Å². The molecule has 0 radical (unpaired) electrons. The van der Waals surface area contributed by atoms with E-state index in [2.05, 4.69) is 182 Å². The molecule has 12 rings (SSSR count). The maximum atomic E-state index is 2.37. The molecule has 2 heteroatoms. The fourth-order valence-corrected chi connectivity index (χ4v) is 11.6. The van der Waals surface area contributed by atoms with Crippen molar-refractivity contribution in [2.75, 3.05) is 0 Å². The van der Waals surface area contributed by atoms with Gasteiger partial charge in [-0.3, -0.25) is 0 Å². The van der Waals surface area contributed by atoms with Gasteiger partial charge in [0.1, 0.15) is 0 Å². The summed E-state index contributed by atoms with van der Waals surface area (Å²) in [6.45, 7) is 0. The monoisotopic (exact) mass is 718 g/mol. The normalized spacial score (nSPS) is 12.1. The fourth-order valence-electron chi connectivity index (χ4n) is 9.01. The summed E-state index contributed by atoms with van der Waals surface area (Å²) in [4.78, 5) is 0. The third-order valence-corrected chi connectivity index (χ3v) is 13.9. The molecule has 0 nitrogen and oxygen atoms in total. The second-order valence-corrected chi connectivity index (χ2v) is 16.4. The Morgan fingerprint density at radius 3 is 1.63 bits per heavy atom. The molecule has 0 unspecified atom stereocenters. The first kappa shape index (κ1) is 30.2. The Labute approximate surface area is 319 Å². The molecule has 0 saturated carbocycles. The van der Waals surface area contributed by atoms with Crippen molar-refractivity contribution in [1.29, 1.82) is 0 Å². The number of benzene rings is 10. The average Bonchev–Trinajstić information content (AvgIpc) is 3.81. The molecule has 0 fully saturated rings. The summed E-state index contributed by atoms with van der Waals surface area (Å²) in [6.07, 6.45) is 0. The van der Waals surface area contributed by atoms with Gasteiger partial charge in [-0.05, 0) is 94.7 Å². The number of fused-ring (bicyclic) bond motifs is 12. The maximum Gasteiger partial charge on any atom is 0.0448 e. The predicted molar refractivity (Wildman–Crippen MR) is 239 cm³/mol. The highest BCUT2D eigenvalue weighted by atomic mass is 32.1. The first-order chi connectivity index (χ1) is 26.8. The van der Waals surface area contributed by atoms with Crippen LogP contribution in [-0.4, -0.2) is 0 Å². The van der Waals surface area contributed by atoms with Crippen LogP contribution in [0.5, 0.6) is 0 Å². The van der Waals surface area contributed by atoms with Crippen molar-refractivity contribution < 1.29 is 0 Å². The molecule has 0 aliphatic carbocycles. The van der Waals surface area contributed by atoms with Crippen LogP contribution in [0.1, 0.15) is 0 Å². The van der Waals surface area contributed by atoms with Gasteiger partial charge in [-0.2, -0.15) is 0 Å². The molecule has 12 aromatic rings. The first-order valence-corrected chi connectivity index (χ1v) is 20.1. The second-order valence-electron chi connectivity index (χ2n) is 14.3. The average molecular weight is 719 g/mol. The van der Waals surface area contributed by atoms with Crippen molar-refractivity contribution in [2.45, 2.75) is 0 Å². The highest BCUT2D eigenvalue weighted by molar-refractivity contribution is 7.30. The van der Waals surface area contributed by atoms with Crippen LogP contribution in [0.2, 0.25) is 0 Å². The largest absolute Gasteiger partial charge is 0.134 e. The van der Waals surface area contributed by atoms with Gasteiger partial charge in [0.05, 0.1) is 0 Å². The van der Waals surface area contributed by atoms with E-state index in [1.165, 1.54) is 117 Å². The summed E-state index contributed by atoms with van der Waals surface area (Å²) in [7, 11) is 0. The van der Waals surface area contributed by atoms with Gasteiger partial charge in [0.25, 0.3) is 0 Å². The van der Waals surface area contributed by atoms with Gasteiger partial charge in [0.15, 0.2) is 0 Å². The second kappa shape index (κ2) is 11.6. The molecular weight excluding hydrogens is 689 g/mol. The van der Waals surface area contributed by atoms with E-state index in [-0.39, 0.29) is 0 Å². The highest BCUT2D eigenvalue weighted by Crippen LogP contribution is 2.48. The first-order valence-electron chi connectivity index (χ1n) is 18.5. The maximum absolute atomic E-state index is 2.37. The molecule has 0 saturated heterocycles. The molecule has 2 aromatic heterocycles. The van der Waals surface area contributed by atoms with E-state index in [4.69, 9.17) is 0 Å². The van der Waals surface area contributed by atoms with Gasteiger partial charge in [0.2, 0.25) is 0 Å². The molecule has 54 heavy (non-hydrogen) atoms. The molecule has 250 valence electrons. The zero-order chi connectivity index (χ0) is 35.3. The van der Waals surface area contributed by atoms with Crippen LogP contribution in [0, 0.1) is 0 Å². The molecule has 0 aliphatic rings. The SMILES string of the molecule is c1ccc2c(-c3c4ccccc4c(-c4ccc(-c5ccc6c(ccc7c6sc6ccc8c9ccccc9sc8c67)c5)cc4)c4ccccc34)cccc2c1. The van der Waals surface area contributed by atoms with Crippen LogP contribution in [-0.2, 0) is 0 Å². The van der Waals surface area contributed by atoms with Crippen LogP contribution < -0.4 is 0 Å². The molecule has 2 heterocycles. The van der Waals surface area contributed by atoms with Crippen LogP contribution in [0.3, 0.4) is 0 Å². The summed E-state index contributed by atoms with van der Waals surface area (Å²) in [5.74, 6) is 0. The Balaban J connectivity index is 0.985. The molecule has 0 N–H and O–H groups in total. The summed E-state index contributed by atoms with van der Waals surface area (Å²) in [5.41, 5.74) is 7.56. The molecular formula is C52H30S2. The zero-order valence-corrected chi connectivity index (χ0v) is 30.8. The lowest BCUT2D eigenvalue weighted by Gasteiger charge is -2.19. The zero-order valence-electron chi connectivity index (χ0n) is 29.1. The van der Waals surface area contributed by atoms with Crippen molar-refractivity contribution in [3.05, 3.63) is 182 Å². The van der Waals surface area contributed by atoms with Gasteiger partial charge >= 0.3 is 0 Å². The number of hydrogen-bond donors (Lipinski definition) is 0. The molecule has 0 atom stereocenters. The van der Waals surface area contributed by atoms with Crippen molar-refractivity contribution >= 4 is 106 Å². The summed E-state index contributed by atoms with van der Waals surface area (Å²) >= 11 is 3.85. The number of thiophene rings is 2. The van der Waals surface area contributed by atoms with Gasteiger partial charge in [0, 0.05) is 40.3 Å². The van der Waals surface area contributed by atoms with E-state index in [1.54, 1.807) is 0 Å². The Morgan fingerprint density at radius 2 is 0.852 bits per heavy atom. The van der Waals surface area contributed by atoms with E-state index in [9.17, 15) is 0 Å². The molecule has 0 bridgehead atoms. The minimum absolute atomic E-state index is 1.23.